The molecule has 2 aliphatic heterocycles. The molecule has 1 atom stereocenters. The standard InChI is InChI=1S/C9H16N2O2.ClH/c12-9-7-13-5-4-11(9)8-2-1-3-10-6-8;/h8,10H,1-7H2;1H. The summed E-state index contributed by atoms with van der Waals surface area (Å²) in [5.74, 6) is 0.153. The highest BCUT2D eigenvalue weighted by Crippen LogP contribution is 2.12. The lowest BCUT2D eigenvalue weighted by atomic mass is 10.1. The average molecular weight is 221 g/mol. The van der Waals surface area contributed by atoms with Crippen LogP contribution in [0, 0.1) is 0 Å². The van der Waals surface area contributed by atoms with E-state index in [4.69, 9.17) is 4.74 Å². The molecule has 0 aromatic carbocycles. The van der Waals surface area contributed by atoms with E-state index < -0.39 is 0 Å². The van der Waals surface area contributed by atoms with Crippen LogP contribution in [0.1, 0.15) is 12.8 Å². The molecule has 2 saturated heterocycles. The molecule has 2 aliphatic rings. The van der Waals surface area contributed by atoms with Crippen LogP contribution in [0.15, 0.2) is 0 Å². The number of carbonyl (C=O) groups excluding carboxylic acids is 1. The van der Waals surface area contributed by atoms with Gasteiger partial charge in [-0.2, -0.15) is 0 Å². The summed E-state index contributed by atoms with van der Waals surface area (Å²) in [6.45, 7) is 3.78. The summed E-state index contributed by atoms with van der Waals surface area (Å²) >= 11 is 0. The third kappa shape index (κ3) is 2.59. The molecule has 0 aromatic rings. The van der Waals surface area contributed by atoms with Crippen LogP contribution in [0.4, 0.5) is 0 Å². The first-order valence-electron chi connectivity index (χ1n) is 4.96. The van der Waals surface area contributed by atoms with Crippen LogP contribution in [0.2, 0.25) is 0 Å². The first kappa shape index (κ1) is 11.8. The third-order valence-corrected chi connectivity index (χ3v) is 2.73. The second-order valence-electron chi connectivity index (χ2n) is 3.64. The first-order chi connectivity index (χ1) is 6.38. The van der Waals surface area contributed by atoms with Crippen LogP contribution in [0.3, 0.4) is 0 Å². The highest BCUT2D eigenvalue weighted by molar-refractivity contribution is 5.85. The van der Waals surface area contributed by atoms with Gasteiger partial charge < -0.3 is 15.0 Å². The van der Waals surface area contributed by atoms with Gasteiger partial charge >= 0.3 is 0 Å². The molecule has 2 fully saturated rings. The van der Waals surface area contributed by atoms with E-state index in [2.05, 4.69) is 5.32 Å². The topological polar surface area (TPSA) is 41.6 Å². The van der Waals surface area contributed by atoms with Crippen molar-refractivity contribution >= 4 is 18.3 Å². The quantitative estimate of drug-likeness (QED) is 0.678. The molecule has 0 aromatic heterocycles. The lowest BCUT2D eigenvalue weighted by Gasteiger charge is -2.36. The molecule has 2 rings (SSSR count). The fourth-order valence-electron chi connectivity index (χ4n) is 2.02. The Kier molecular flexibility index (Phi) is 4.65. The van der Waals surface area contributed by atoms with Crippen molar-refractivity contribution in [3.8, 4) is 0 Å². The number of piperidine rings is 1. The number of nitrogens with one attached hydrogen (secondary N) is 1. The molecule has 1 N–H and O–H groups in total. The molecule has 2 heterocycles. The van der Waals surface area contributed by atoms with Crippen LogP contribution in [-0.2, 0) is 9.53 Å². The first-order valence-corrected chi connectivity index (χ1v) is 4.96. The normalized spacial score (nSPS) is 28.4. The highest BCUT2D eigenvalue weighted by atomic mass is 35.5. The van der Waals surface area contributed by atoms with Gasteiger partial charge in [0.1, 0.15) is 6.61 Å². The molecule has 0 saturated carbocycles. The van der Waals surface area contributed by atoms with Crippen LogP contribution >= 0.6 is 12.4 Å². The van der Waals surface area contributed by atoms with E-state index in [0.717, 1.165) is 26.1 Å². The third-order valence-electron chi connectivity index (χ3n) is 2.73. The largest absolute Gasteiger partial charge is 0.370 e. The summed E-state index contributed by atoms with van der Waals surface area (Å²) in [4.78, 5) is 13.4. The Balaban J connectivity index is 0.000000980. The fourth-order valence-corrected chi connectivity index (χ4v) is 2.02. The van der Waals surface area contributed by atoms with Gasteiger partial charge in [-0.3, -0.25) is 4.79 Å². The minimum absolute atomic E-state index is 0. The summed E-state index contributed by atoms with van der Waals surface area (Å²) in [6, 6.07) is 0.408. The van der Waals surface area contributed by atoms with Crippen LogP contribution in [0.5, 0.6) is 0 Å². The molecule has 1 unspecified atom stereocenters. The summed E-state index contributed by atoms with van der Waals surface area (Å²) in [7, 11) is 0. The monoisotopic (exact) mass is 220 g/mol. The number of amides is 1. The molecule has 0 aliphatic carbocycles. The average Bonchev–Trinajstić information content (AvgIpc) is 2.20. The minimum atomic E-state index is 0. The van der Waals surface area contributed by atoms with Gasteiger partial charge in [-0.25, -0.2) is 0 Å². The summed E-state index contributed by atoms with van der Waals surface area (Å²) in [5.41, 5.74) is 0. The molecule has 14 heavy (non-hydrogen) atoms. The smallest absolute Gasteiger partial charge is 0.248 e. The fraction of sp³-hybridized carbons (Fsp3) is 0.889. The predicted octanol–water partition coefficient (Wildman–Crippen LogP) is 0.0190. The second kappa shape index (κ2) is 5.53. The van der Waals surface area contributed by atoms with Crippen molar-refractivity contribution in [2.24, 2.45) is 0 Å². The van der Waals surface area contributed by atoms with E-state index in [1.165, 1.54) is 6.42 Å². The Bertz CT molecular complexity index is 195. The zero-order valence-electron chi connectivity index (χ0n) is 8.20. The van der Waals surface area contributed by atoms with Crippen LogP contribution in [0.25, 0.3) is 0 Å². The number of carbonyl (C=O) groups is 1. The van der Waals surface area contributed by atoms with E-state index >= 15 is 0 Å². The van der Waals surface area contributed by atoms with Crippen molar-refractivity contribution in [3.05, 3.63) is 0 Å². The van der Waals surface area contributed by atoms with Crippen molar-refractivity contribution in [2.45, 2.75) is 18.9 Å². The van der Waals surface area contributed by atoms with E-state index in [-0.39, 0.29) is 24.9 Å². The SMILES string of the molecule is Cl.O=C1COCCN1C1CCCNC1. The van der Waals surface area contributed by atoms with E-state index in [1.807, 2.05) is 4.90 Å². The van der Waals surface area contributed by atoms with Crippen molar-refractivity contribution in [1.82, 2.24) is 10.2 Å². The molecule has 82 valence electrons. The highest BCUT2D eigenvalue weighted by Gasteiger charge is 2.27. The maximum absolute atomic E-state index is 11.5. The molecule has 0 radical (unpaired) electrons. The van der Waals surface area contributed by atoms with Gasteiger partial charge in [0.2, 0.25) is 5.91 Å². The number of hydrogen-bond acceptors (Lipinski definition) is 3. The van der Waals surface area contributed by atoms with Crippen molar-refractivity contribution in [3.63, 3.8) is 0 Å². The van der Waals surface area contributed by atoms with Crippen molar-refractivity contribution < 1.29 is 9.53 Å². The number of halogens is 1. The number of ether oxygens (including phenoxy) is 1. The van der Waals surface area contributed by atoms with Gasteiger partial charge in [0.15, 0.2) is 0 Å². The molecule has 1 amide bonds. The zero-order valence-corrected chi connectivity index (χ0v) is 9.02. The van der Waals surface area contributed by atoms with Crippen LogP contribution in [-0.4, -0.2) is 49.7 Å². The number of nitrogens with zero attached hydrogens (tertiary/aromatic N) is 1. The molecule has 5 heteroatoms. The number of hydrogen-bond donors (Lipinski definition) is 1. The van der Waals surface area contributed by atoms with E-state index in [9.17, 15) is 4.79 Å². The second-order valence-corrected chi connectivity index (χ2v) is 3.64. The van der Waals surface area contributed by atoms with Gasteiger partial charge in [-0.05, 0) is 19.4 Å². The van der Waals surface area contributed by atoms with Crippen molar-refractivity contribution in [1.29, 1.82) is 0 Å². The number of rotatable bonds is 1. The summed E-state index contributed by atoms with van der Waals surface area (Å²) in [6.07, 6.45) is 2.31. The maximum Gasteiger partial charge on any atom is 0.248 e. The van der Waals surface area contributed by atoms with E-state index in [0.29, 0.717) is 12.6 Å². The molecular formula is C9H17ClN2O2. The van der Waals surface area contributed by atoms with Gasteiger partial charge in [0.25, 0.3) is 0 Å². The van der Waals surface area contributed by atoms with Crippen LogP contribution < -0.4 is 5.32 Å². The van der Waals surface area contributed by atoms with Gasteiger partial charge in [0, 0.05) is 19.1 Å². The number of morpholine rings is 1. The Hall–Kier alpha value is -0.320. The Morgan fingerprint density at radius 2 is 2.36 bits per heavy atom. The Morgan fingerprint density at radius 1 is 1.50 bits per heavy atom. The summed E-state index contributed by atoms with van der Waals surface area (Å²) in [5, 5.41) is 3.32. The zero-order chi connectivity index (χ0) is 9.10. The Labute approximate surface area is 90.4 Å². The molecule has 0 bridgehead atoms. The Morgan fingerprint density at radius 3 is 3.00 bits per heavy atom. The molecule has 0 spiro atoms. The summed E-state index contributed by atoms with van der Waals surface area (Å²) < 4.78 is 5.09. The minimum Gasteiger partial charge on any atom is -0.370 e. The van der Waals surface area contributed by atoms with Crippen molar-refractivity contribution in [2.75, 3.05) is 32.8 Å². The molecule has 4 nitrogen and oxygen atoms in total. The predicted molar refractivity (Wildman–Crippen MR) is 55.7 cm³/mol. The lowest BCUT2D eigenvalue weighted by molar-refractivity contribution is -0.146. The van der Waals surface area contributed by atoms with Gasteiger partial charge in [-0.1, -0.05) is 0 Å². The van der Waals surface area contributed by atoms with Gasteiger partial charge in [-0.15, -0.1) is 12.4 Å². The van der Waals surface area contributed by atoms with Gasteiger partial charge in [0.05, 0.1) is 6.61 Å². The lowest BCUT2D eigenvalue weighted by Crippen LogP contribution is -2.53. The maximum atomic E-state index is 11.5. The molecular weight excluding hydrogens is 204 g/mol. The van der Waals surface area contributed by atoms with E-state index in [1.54, 1.807) is 0 Å².